The second-order valence-corrected chi connectivity index (χ2v) is 5.29. The predicted molar refractivity (Wildman–Crippen MR) is 98.8 cm³/mol. The van der Waals surface area contributed by atoms with Crippen molar-refractivity contribution in [2.24, 2.45) is 4.99 Å². The number of nitrogens with one attached hydrogen (secondary N) is 2. The van der Waals surface area contributed by atoms with Crippen LogP contribution < -0.4 is 15.4 Å². The summed E-state index contributed by atoms with van der Waals surface area (Å²) in [5.74, 6) is 1.88. The normalized spacial score (nSPS) is 14.3. The highest BCUT2D eigenvalue weighted by molar-refractivity contribution is 14.0. The number of nitrogens with zero attached hydrogens (tertiary/aromatic N) is 1. The van der Waals surface area contributed by atoms with E-state index in [-0.39, 0.29) is 24.0 Å². The van der Waals surface area contributed by atoms with Crippen molar-refractivity contribution in [3.63, 3.8) is 0 Å². The second-order valence-electron chi connectivity index (χ2n) is 5.29. The van der Waals surface area contributed by atoms with Gasteiger partial charge in [0.2, 0.25) is 0 Å². The van der Waals surface area contributed by atoms with Crippen molar-refractivity contribution in [3.05, 3.63) is 29.8 Å². The first-order chi connectivity index (χ1) is 9.78. The molecule has 0 unspecified atom stereocenters. The monoisotopic (exact) mass is 403 g/mol. The van der Waals surface area contributed by atoms with Gasteiger partial charge in [-0.05, 0) is 44.7 Å². The highest BCUT2D eigenvalue weighted by Crippen LogP contribution is 2.18. The van der Waals surface area contributed by atoms with Gasteiger partial charge in [-0.2, -0.15) is 0 Å². The number of ether oxygens (including phenoxy) is 1. The van der Waals surface area contributed by atoms with E-state index in [0.717, 1.165) is 37.7 Å². The third-order valence-corrected chi connectivity index (χ3v) is 3.30. The predicted octanol–water partition coefficient (Wildman–Crippen LogP) is 3.10. The second kappa shape index (κ2) is 9.87. The van der Waals surface area contributed by atoms with Crippen LogP contribution in [0.15, 0.2) is 29.3 Å². The summed E-state index contributed by atoms with van der Waals surface area (Å²) in [5, 5.41) is 6.70. The molecule has 5 heteroatoms. The molecule has 0 spiro atoms. The van der Waals surface area contributed by atoms with Gasteiger partial charge in [-0.25, -0.2) is 0 Å². The standard InChI is InChI=1S/C16H25N3O.HI/c1-13-5-9-15(10-6-13)20-12-4-3-11-18-16(17-2)19-14-7-8-14;/h5-6,9-10,14H,3-4,7-8,11-12H2,1-2H3,(H2,17,18,19);1H. The Labute approximate surface area is 144 Å². The Bertz CT molecular complexity index is 430. The molecule has 2 rings (SSSR count). The summed E-state index contributed by atoms with van der Waals surface area (Å²) in [5.41, 5.74) is 1.26. The highest BCUT2D eigenvalue weighted by atomic mass is 127. The van der Waals surface area contributed by atoms with E-state index >= 15 is 0 Å². The van der Waals surface area contributed by atoms with E-state index in [1.165, 1.54) is 18.4 Å². The first-order valence-corrected chi connectivity index (χ1v) is 7.44. The Balaban J connectivity index is 0.00000220. The van der Waals surface area contributed by atoms with Crippen LogP contribution >= 0.6 is 24.0 Å². The largest absolute Gasteiger partial charge is 0.494 e. The molecule has 0 amide bonds. The van der Waals surface area contributed by atoms with Crippen molar-refractivity contribution < 1.29 is 4.74 Å². The molecule has 0 aromatic heterocycles. The molecule has 0 saturated heterocycles. The van der Waals surface area contributed by atoms with Gasteiger partial charge in [0.25, 0.3) is 0 Å². The van der Waals surface area contributed by atoms with E-state index < -0.39 is 0 Å². The third-order valence-electron chi connectivity index (χ3n) is 3.30. The molecule has 21 heavy (non-hydrogen) atoms. The van der Waals surface area contributed by atoms with Crippen LogP contribution in [-0.4, -0.2) is 32.2 Å². The third kappa shape index (κ3) is 7.55. The maximum absolute atomic E-state index is 5.70. The summed E-state index contributed by atoms with van der Waals surface area (Å²) in [4.78, 5) is 4.20. The lowest BCUT2D eigenvalue weighted by atomic mass is 10.2. The van der Waals surface area contributed by atoms with E-state index in [9.17, 15) is 0 Å². The molecule has 1 fully saturated rings. The summed E-state index contributed by atoms with van der Waals surface area (Å²) in [7, 11) is 1.82. The van der Waals surface area contributed by atoms with Gasteiger partial charge in [-0.3, -0.25) is 4.99 Å². The summed E-state index contributed by atoms with van der Waals surface area (Å²) in [6.07, 6.45) is 4.66. The molecule has 0 heterocycles. The van der Waals surface area contributed by atoms with Gasteiger partial charge in [0.1, 0.15) is 5.75 Å². The van der Waals surface area contributed by atoms with E-state index in [1.54, 1.807) is 0 Å². The van der Waals surface area contributed by atoms with Gasteiger partial charge in [-0.15, -0.1) is 24.0 Å². The number of aliphatic imine (C=N–C) groups is 1. The molecule has 1 aromatic carbocycles. The fourth-order valence-electron chi connectivity index (χ4n) is 1.87. The van der Waals surface area contributed by atoms with Crippen LogP contribution in [0.2, 0.25) is 0 Å². The van der Waals surface area contributed by atoms with Gasteiger partial charge in [0, 0.05) is 19.6 Å². The molecule has 1 aliphatic rings. The van der Waals surface area contributed by atoms with Crippen molar-refractivity contribution in [1.29, 1.82) is 0 Å². The zero-order valence-corrected chi connectivity index (χ0v) is 15.2. The van der Waals surface area contributed by atoms with Crippen LogP contribution in [0, 0.1) is 6.92 Å². The minimum Gasteiger partial charge on any atom is -0.494 e. The number of aryl methyl sites for hydroxylation is 1. The van der Waals surface area contributed by atoms with Crippen LogP contribution in [0.25, 0.3) is 0 Å². The van der Waals surface area contributed by atoms with Gasteiger partial charge in [0.05, 0.1) is 6.61 Å². The van der Waals surface area contributed by atoms with Crippen LogP contribution in [0.3, 0.4) is 0 Å². The molecule has 1 saturated carbocycles. The quantitative estimate of drug-likeness (QED) is 0.318. The number of hydrogen-bond donors (Lipinski definition) is 2. The summed E-state index contributed by atoms with van der Waals surface area (Å²) < 4.78 is 5.70. The van der Waals surface area contributed by atoms with E-state index in [2.05, 4.69) is 34.7 Å². The molecule has 0 aliphatic heterocycles. The zero-order chi connectivity index (χ0) is 14.2. The van der Waals surface area contributed by atoms with E-state index in [0.29, 0.717) is 6.04 Å². The SMILES string of the molecule is CN=C(NCCCCOc1ccc(C)cc1)NC1CC1.I. The number of unbranched alkanes of at least 4 members (excludes halogenated alkanes) is 1. The summed E-state index contributed by atoms with van der Waals surface area (Å²) in [6, 6.07) is 8.84. The van der Waals surface area contributed by atoms with Crippen molar-refractivity contribution >= 4 is 29.9 Å². The Morgan fingerprint density at radius 2 is 1.95 bits per heavy atom. The minimum absolute atomic E-state index is 0. The number of rotatable bonds is 7. The zero-order valence-electron chi connectivity index (χ0n) is 12.9. The van der Waals surface area contributed by atoms with Gasteiger partial charge < -0.3 is 15.4 Å². The van der Waals surface area contributed by atoms with Crippen LogP contribution in [0.5, 0.6) is 5.75 Å². The Morgan fingerprint density at radius 3 is 2.57 bits per heavy atom. The maximum atomic E-state index is 5.70. The fraction of sp³-hybridized carbons (Fsp3) is 0.562. The number of benzene rings is 1. The molecule has 1 aromatic rings. The lowest BCUT2D eigenvalue weighted by Crippen LogP contribution is -2.38. The fourth-order valence-corrected chi connectivity index (χ4v) is 1.87. The topological polar surface area (TPSA) is 45.7 Å². The molecule has 118 valence electrons. The van der Waals surface area contributed by atoms with E-state index in [1.807, 2.05) is 19.2 Å². The van der Waals surface area contributed by atoms with Crippen LogP contribution in [0.4, 0.5) is 0 Å². The molecule has 0 atom stereocenters. The van der Waals surface area contributed by atoms with Crippen LogP contribution in [-0.2, 0) is 0 Å². The van der Waals surface area contributed by atoms with Gasteiger partial charge in [-0.1, -0.05) is 17.7 Å². The van der Waals surface area contributed by atoms with Gasteiger partial charge in [0.15, 0.2) is 5.96 Å². The maximum Gasteiger partial charge on any atom is 0.191 e. The Morgan fingerprint density at radius 1 is 1.24 bits per heavy atom. The lowest BCUT2D eigenvalue weighted by molar-refractivity contribution is 0.307. The number of halogens is 1. The smallest absolute Gasteiger partial charge is 0.191 e. The molecular weight excluding hydrogens is 377 g/mol. The van der Waals surface area contributed by atoms with Crippen LogP contribution in [0.1, 0.15) is 31.2 Å². The summed E-state index contributed by atoms with van der Waals surface area (Å²) >= 11 is 0. The van der Waals surface area contributed by atoms with Crippen molar-refractivity contribution in [3.8, 4) is 5.75 Å². The highest BCUT2D eigenvalue weighted by Gasteiger charge is 2.21. The first-order valence-electron chi connectivity index (χ1n) is 7.44. The average molecular weight is 403 g/mol. The molecule has 0 bridgehead atoms. The minimum atomic E-state index is 0. The molecule has 1 aliphatic carbocycles. The number of hydrogen-bond acceptors (Lipinski definition) is 2. The molecule has 2 N–H and O–H groups in total. The average Bonchev–Trinajstić information content (AvgIpc) is 3.27. The van der Waals surface area contributed by atoms with Gasteiger partial charge >= 0.3 is 0 Å². The first kappa shape index (κ1) is 18.1. The lowest BCUT2D eigenvalue weighted by Gasteiger charge is -2.11. The molecular formula is C16H26IN3O. The Hall–Kier alpha value is -0.980. The molecule has 0 radical (unpaired) electrons. The van der Waals surface area contributed by atoms with Crippen molar-refractivity contribution in [2.75, 3.05) is 20.2 Å². The number of guanidine groups is 1. The Kier molecular flexibility index (Phi) is 8.49. The van der Waals surface area contributed by atoms with Crippen molar-refractivity contribution in [2.45, 2.75) is 38.6 Å². The van der Waals surface area contributed by atoms with E-state index in [4.69, 9.17) is 4.74 Å². The van der Waals surface area contributed by atoms with Crippen molar-refractivity contribution in [1.82, 2.24) is 10.6 Å². The molecule has 4 nitrogen and oxygen atoms in total. The summed E-state index contributed by atoms with van der Waals surface area (Å²) in [6.45, 7) is 3.78.